The zero-order valence-corrected chi connectivity index (χ0v) is 17.3. The average Bonchev–Trinajstić information content (AvgIpc) is 2.76. The highest BCUT2D eigenvalue weighted by Gasteiger charge is 2.47. The summed E-state index contributed by atoms with van der Waals surface area (Å²) in [6.45, 7) is 0.886. The highest BCUT2D eigenvalue weighted by Crippen LogP contribution is 2.41. The fraction of sp³-hybridized carbons (Fsp3) is 0.450. The second kappa shape index (κ2) is 9.41. The number of halogens is 6. The highest BCUT2D eigenvalue weighted by molar-refractivity contribution is 5.93. The van der Waals surface area contributed by atoms with Gasteiger partial charge in [-0.2, -0.15) is 0 Å². The number of rotatable bonds is 6. The van der Waals surface area contributed by atoms with Crippen LogP contribution in [0.1, 0.15) is 31.1 Å². The van der Waals surface area contributed by atoms with Crippen molar-refractivity contribution in [2.24, 2.45) is 0 Å². The van der Waals surface area contributed by atoms with Crippen LogP contribution >= 0.6 is 0 Å². The maximum absolute atomic E-state index is 14.8. The standard InChI is InChI=1S/C20H21F6N5O2/c1-10(18(32)29-15-3-2-12(21)7-28-15)30-5-4-20(25,26)13(9-30)11-6-14(27)19(33)31(8-11)17(24)16(22)23/h2-3,6-8,10,13,16-17H,4-5,9,27H2,1H3,(H,28,29,32)/t10-,13?,17?/m0/s1. The van der Waals surface area contributed by atoms with Crippen molar-refractivity contribution in [3.63, 3.8) is 0 Å². The van der Waals surface area contributed by atoms with Gasteiger partial charge >= 0.3 is 0 Å². The first-order chi connectivity index (χ1) is 15.4. The smallest absolute Gasteiger partial charge is 0.288 e. The number of nitrogens with zero attached hydrogens (tertiary/aromatic N) is 3. The number of hydrogen-bond donors (Lipinski definition) is 2. The molecular weight excluding hydrogens is 456 g/mol. The number of nitrogens with one attached hydrogen (secondary N) is 1. The largest absolute Gasteiger partial charge is 0.394 e. The summed E-state index contributed by atoms with van der Waals surface area (Å²) in [6.07, 6.45) is -5.79. The molecule has 180 valence electrons. The van der Waals surface area contributed by atoms with E-state index in [1.807, 2.05) is 0 Å². The minimum atomic E-state index is -3.57. The molecule has 0 bridgehead atoms. The van der Waals surface area contributed by atoms with Crippen LogP contribution in [0.25, 0.3) is 0 Å². The Morgan fingerprint density at radius 3 is 2.61 bits per heavy atom. The Bertz CT molecular complexity index is 1060. The molecule has 0 saturated carbocycles. The van der Waals surface area contributed by atoms with E-state index >= 15 is 0 Å². The first-order valence-corrected chi connectivity index (χ1v) is 9.88. The molecule has 2 aromatic heterocycles. The van der Waals surface area contributed by atoms with Crippen LogP contribution in [0, 0.1) is 5.82 Å². The van der Waals surface area contributed by atoms with Crippen molar-refractivity contribution in [1.29, 1.82) is 0 Å². The average molecular weight is 477 g/mol. The van der Waals surface area contributed by atoms with Crippen LogP contribution in [-0.4, -0.2) is 51.8 Å². The number of anilines is 2. The number of alkyl halides is 5. The molecule has 3 atom stereocenters. The molecule has 0 spiro atoms. The molecule has 3 N–H and O–H groups in total. The third-order valence-electron chi connectivity index (χ3n) is 5.53. The molecule has 3 rings (SSSR count). The van der Waals surface area contributed by atoms with Gasteiger partial charge in [-0.1, -0.05) is 0 Å². The van der Waals surface area contributed by atoms with E-state index in [0.29, 0.717) is 6.20 Å². The molecule has 1 fully saturated rings. The van der Waals surface area contributed by atoms with Crippen LogP contribution in [0.5, 0.6) is 0 Å². The molecule has 0 aromatic carbocycles. The summed E-state index contributed by atoms with van der Waals surface area (Å²) in [5, 5.41) is 2.45. The molecule has 2 unspecified atom stereocenters. The van der Waals surface area contributed by atoms with Gasteiger partial charge in [-0.25, -0.2) is 31.3 Å². The second-order valence-electron chi connectivity index (χ2n) is 7.73. The van der Waals surface area contributed by atoms with Gasteiger partial charge in [0.2, 0.25) is 12.2 Å². The van der Waals surface area contributed by atoms with E-state index < -0.39 is 66.5 Å². The van der Waals surface area contributed by atoms with Gasteiger partial charge in [-0.05, 0) is 30.7 Å². The first kappa shape index (κ1) is 24.6. The summed E-state index contributed by atoms with van der Waals surface area (Å²) in [4.78, 5) is 29.6. The van der Waals surface area contributed by atoms with Crippen LogP contribution < -0.4 is 16.6 Å². The van der Waals surface area contributed by atoms with Crippen molar-refractivity contribution in [2.75, 3.05) is 24.1 Å². The van der Waals surface area contributed by atoms with Gasteiger partial charge in [0.25, 0.3) is 17.9 Å². The molecule has 1 amide bonds. The minimum Gasteiger partial charge on any atom is -0.394 e. The lowest BCUT2D eigenvalue weighted by molar-refractivity contribution is -0.125. The predicted molar refractivity (Wildman–Crippen MR) is 107 cm³/mol. The summed E-state index contributed by atoms with van der Waals surface area (Å²) < 4.78 is 82.0. The fourth-order valence-corrected chi connectivity index (χ4v) is 3.62. The van der Waals surface area contributed by atoms with Gasteiger partial charge in [-0.15, -0.1) is 0 Å². The lowest BCUT2D eigenvalue weighted by atomic mass is 9.87. The van der Waals surface area contributed by atoms with Gasteiger partial charge < -0.3 is 11.1 Å². The highest BCUT2D eigenvalue weighted by atomic mass is 19.3. The van der Waals surface area contributed by atoms with Crippen LogP contribution in [-0.2, 0) is 4.79 Å². The minimum absolute atomic E-state index is 0.000694. The third kappa shape index (κ3) is 5.29. The maximum Gasteiger partial charge on any atom is 0.288 e. The molecule has 33 heavy (non-hydrogen) atoms. The number of nitrogens with two attached hydrogens (primary N) is 1. The molecule has 1 saturated heterocycles. The Morgan fingerprint density at radius 2 is 2.00 bits per heavy atom. The molecule has 2 aromatic rings. The lowest BCUT2D eigenvalue weighted by Crippen LogP contribution is -2.52. The van der Waals surface area contributed by atoms with Crippen molar-refractivity contribution < 1.29 is 31.1 Å². The summed E-state index contributed by atoms with van der Waals surface area (Å²) in [5.41, 5.74) is 3.27. The van der Waals surface area contributed by atoms with Crippen LogP contribution in [0.4, 0.5) is 37.8 Å². The van der Waals surface area contributed by atoms with E-state index in [2.05, 4.69) is 10.3 Å². The van der Waals surface area contributed by atoms with Gasteiger partial charge in [0.05, 0.1) is 23.8 Å². The quantitative estimate of drug-likeness (QED) is 0.624. The fourth-order valence-electron chi connectivity index (χ4n) is 3.62. The van der Waals surface area contributed by atoms with Crippen LogP contribution in [0.15, 0.2) is 35.4 Å². The number of carbonyl (C=O) groups is 1. The Labute approximate surface area is 184 Å². The summed E-state index contributed by atoms with van der Waals surface area (Å²) in [5.74, 6) is -6.12. The molecule has 3 heterocycles. The van der Waals surface area contributed by atoms with E-state index in [-0.39, 0.29) is 22.5 Å². The predicted octanol–water partition coefficient (Wildman–Crippen LogP) is 3.15. The Morgan fingerprint density at radius 1 is 1.30 bits per heavy atom. The zero-order chi connectivity index (χ0) is 24.5. The van der Waals surface area contributed by atoms with Gasteiger partial charge in [0.15, 0.2) is 0 Å². The number of nitrogen functional groups attached to an aromatic ring is 1. The topological polar surface area (TPSA) is 93.2 Å². The number of piperidine rings is 1. The lowest BCUT2D eigenvalue weighted by Gasteiger charge is -2.41. The number of amides is 1. The SMILES string of the molecule is C[C@@H](C(=O)Nc1ccc(F)cn1)N1CCC(F)(F)C(c2cc(N)c(=O)n(C(F)C(F)F)c2)C1. The zero-order valence-electron chi connectivity index (χ0n) is 17.3. The van der Waals surface area contributed by atoms with Crippen molar-refractivity contribution in [3.05, 3.63) is 52.3 Å². The van der Waals surface area contributed by atoms with Crippen molar-refractivity contribution >= 4 is 17.4 Å². The van der Waals surface area contributed by atoms with E-state index in [1.165, 1.54) is 17.9 Å². The summed E-state index contributed by atoms with van der Waals surface area (Å²) in [7, 11) is 0. The molecule has 13 heteroatoms. The number of carbonyl (C=O) groups excluding carboxylic acids is 1. The van der Waals surface area contributed by atoms with E-state index in [0.717, 1.165) is 18.3 Å². The normalized spacial score (nSPS) is 20.4. The second-order valence-corrected chi connectivity index (χ2v) is 7.73. The summed E-state index contributed by atoms with van der Waals surface area (Å²) in [6, 6.07) is 2.30. The van der Waals surface area contributed by atoms with Crippen molar-refractivity contribution in [2.45, 2.75) is 43.9 Å². The molecule has 1 aliphatic rings. The molecular formula is C20H21F6N5O2. The molecule has 0 radical (unpaired) electrons. The van der Waals surface area contributed by atoms with E-state index in [1.54, 1.807) is 0 Å². The number of pyridine rings is 2. The number of likely N-dealkylation sites (tertiary alicyclic amines) is 1. The van der Waals surface area contributed by atoms with Gasteiger partial charge in [-0.3, -0.25) is 19.1 Å². The number of hydrogen-bond acceptors (Lipinski definition) is 5. The maximum atomic E-state index is 14.8. The molecule has 7 nitrogen and oxygen atoms in total. The van der Waals surface area contributed by atoms with Crippen LogP contribution in [0.2, 0.25) is 0 Å². The van der Waals surface area contributed by atoms with Crippen molar-refractivity contribution in [1.82, 2.24) is 14.5 Å². The monoisotopic (exact) mass is 477 g/mol. The Kier molecular flexibility index (Phi) is 7.00. The molecule has 0 aliphatic carbocycles. The molecule has 1 aliphatic heterocycles. The van der Waals surface area contributed by atoms with Crippen molar-refractivity contribution in [3.8, 4) is 0 Å². The van der Waals surface area contributed by atoms with Crippen LogP contribution in [0.3, 0.4) is 0 Å². The first-order valence-electron chi connectivity index (χ1n) is 9.88. The third-order valence-corrected chi connectivity index (χ3v) is 5.53. The van der Waals surface area contributed by atoms with E-state index in [9.17, 15) is 35.9 Å². The van der Waals surface area contributed by atoms with Gasteiger partial charge in [0.1, 0.15) is 11.6 Å². The number of aromatic nitrogens is 2. The van der Waals surface area contributed by atoms with Gasteiger partial charge in [0, 0.05) is 25.7 Å². The Balaban J connectivity index is 1.85. The summed E-state index contributed by atoms with van der Waals surface area (Å²) >= 11 is 0. The van der Waals surface area contributed by atoms with E-state index in [4.69, 9.17) is 5.73 Å². The Hall–Kier alpha value is -3.09.